The normalized spacial score (nSPS) is 13.5. The summed E-state index contributed by atoms with van der Waals surface area (Å²) in [7, 11) is 4.11. The van der Waals surface area contributed by atoms with E-state index in [0.717, 1.165) is 22.6 Å². The first kappa shape index (κ1) is 24.3. The Kier molecular flexibility index (Phi) is 7.44. The van der Waals surface area contributed by atoms with Crippen molar-refractivity contribution in [3.63, 3.8) is 0 Å². The van der Waals surface area contributed by atoms with Gasteiger partial charge in [0.15, 0.2) is 5.60 Å². The molecule has 0 saturated carbocycles. The summed E-state index contributed by atoms with van der Waals surface area (Å²) in [6.07, 6.45) is 6.24. The number of aliphatic hydroxyl groups excluding tert-OH is 1. The van der Waals surface area contributed by atoms with E-state index in [0.29, 0.717) is 11.3 Å². The fourth-order valence-corrected chi connectivity index (χ4v) is 3.50. The lowest BCUT2D eigenvalue weighted by molar-refractivity contribution is -0.163. The molecule has 0 atom stereocenters. The molecule has 0 aliphatic heterocycles. The molecule has 0 bridgehead atoms. The molecule has 1 N–H and O–H groups in total. The maximum absolute atomic E-state index is 12.2. The van der Waals surface area contributed by atoms with E-state index in [2.05, 4.69) is 37.2 Å². The van der Waals surface area contributed by atoms with Gasteiger partial charge in [0.2, 0.25) is 0 Å². The summed E-state index contributed by atoms with van der Waals surface area (Å²) < 4.78 is 11.1. The fraction of sp³-hybridized carbons (Fsp3) is 0.321. The molecule has 2 aromatic rings. The molecule has 2 aromatic carbocycles. The number of ether oxygens (including phenoxy) is 2. The van der Waals surface area contributed by atoms with Crippen LogP contribution in [0.4, 0.5) is 0 Å². The number of likely N-dealkylation sites (N-methyl/N-ethyl adjacent to an activating group) is 1. The Morgan fingerprint density at radius 3 is 2.21 bits per heavy atom. The summed E-state index contributed by atoms with van der Waals surface area (Å²) in [6.45, 7) is 7.86. The SMILES string of the molecule is CC(C)OC(=O)C(C)(C)Oc1ccc(C(O)=c2ccc(=C3C=CC(CN(C)C)=C3)cc2)cc1. The zero-order valence-electron chi connectivity index (χ0n) is 20.3. The molecule has 1 aliphatic carbocycles. The summed E-state index contributed by atoms with van der Waals surface area (Å²) in [6, 6.07) is 14.9. The van der Waals surface area contributed by atoms with E-state index in [1.54, 1.807) is 52.0 Å². The van der Waals surface area contributed by atoms with Crippen LogP contribution >= 0.6 is 0 Å². The Morgan fingerprint density at radius 2 is 1.64 bits per heavy atom. The highest BCUT2D eigenvalue weighted by molar-refractivity contribution is 5.79. The summed E-state index contributed by atoms with van der Waals surface area (Å²) in [4.78, 5) is 14.4. The minimum Gasteiger partial charge on any atom is -0.507 e. The molecule has 0 saturated heterocycles. The van der Waals surface area contributed by atoms with Gasteiger partial charge in [-0.25, -0.2) is 4.79 Å². The Hall–Kier alpha value is -3.31. The van der Waals surface area contributed by atoms with E-state index < -0.39 is 11.6 Å². The zero-order chi connectivity index (χ0) is 24.2. The molecule has 33 heavy (non-hydrogen) atoms. The van der Waals surface area contributed by atoms with Gasteiger partial charge in [0.05, 0.1) is 6.10 Å². The van der Waals surface area contributed by atoms with Crippen LogP contribution in [0.5, 0.6) is 5.75 Å². The van der Waals surface area contributed by atoms with E-state index in [1.165, 1.54) is 5.57 Å². The molecule has 5 nitrogen and oxygen atoms in total. The fourth-order valence-electron chi connectivity index (χ4n) is 3.50. The van der Waals surface area contributed by atoms with Crippen LogP contribution in [0.1, 0.15) is 33.3 Å². The number of rotatable bonds is 7. The summed E-state index contributed by atoms with van der Waals surface area (Å²) in [5.41, 5.74) is 1.99. The second-order valence-corrected chi connectivity index (χ2v) is 9.26. The predicted molar refractivity (Wildman–Crippen MR) is 132 cm³/mol. The number of allylic oxidation sites excluding steroid dienone is 2. The van der Waals surface area contributed by atoms with Gasteiger partial charge in [0, 0.05) is 17.3 Å². The molecule has 0 heterocycles. The third kappa shape index (κ3) is 6.36. The number of carbonyl (C=O) groups is 1. The van der Waals surface area contributed by atoms with Crippen LogP contribution in [0, 0.1) is 0 Å². The van der Waals surface area contributed by atoms with Crippen LogP contribution in [-0.4, -0.2) is 48.3 Å². The van der Waals surface area contributed by atoms with E-state index in [9.17, 15) is 9.90 Å². The lowest BCUT2D eigenvalue weighted by Gasteiger charge is -2.25. The van der Waals surface area contributed by atoms with Crippen LogP contribution in [0.3, 0.4) is 0 Å². The van der Waals surface area contributed by atoms with Gasteiger partial charge in [0.25, 0.3) is 0 Å². The number of benzene rings is 2. The number of aliphatic hydroxyl groups is 1. The van der Waals surface area contributed by atoms with E-state index in [-0.39, 0.29) is 11.9 Å². The molecule has 0 fully saturated rings. The topological polar surface area (TPSA) is 59.0 Å². The molecule has 0 unspecified atom stereocenters. The molecule has 1 aliphatic rings. The third-order valence-electron chi connectivity index (χ3n) is 5.14. The first-order chi connectivity index (χ1) is 15.5. The van der Waals surface area contributed by atoms with Crippen molar-refractivity contribution in [2.75, 3.05) is 20.6 Å². The van der Waals surface area contributed by atoms with Gasteiger partial charge in [-0.15, -0.1) is 0 Å². The van der Waals surface area contributed by atoms with Crippen molar-refractivity contribution < 1.29 is 19.4 Å². The van der Waals surface area contributed by atoms with Crippen molar-refractivity contribution in [2.45, 2.75) is 39.4 Å². The highest BCUT2D eigenvalue weighted by Crippen LogP contribution is 2.22. The minimum absolute atomic E-state index is 0.183. The standard InChI is InChI=1S/C28H33NO4/c1-19(2)32-27(31)28(3,4)33-25-15-13-23(14-16-25)26(30)22-11-9-21(10-12-22)24-8-7-20(17-24)18-29(5)6/h7-17,19,30H,18H2,1-6H3. The van der Waals surface area contributed by atoms with E-state index >= 15 is 0 Å². The molecule has 0 amide bonds. The molecule has 5 heteroatoms. The summed E-state index contributed by atoms with van der Waals surface area (Å²) in [5, 5.41) is 12.6. The van der Waals surface area contributed by atoms with Crippen molar-refractivity contribution in [3.05, 3.63) is 88.3 Å². The van der Waals surface area contributed by atoms with Gasteiger partial charge in [-0.1, -0.05) is 36.4 Å². The average molecular weight is 448 g/mol. The van der Waals surface area contributed by atoms with Gasteiger partial charge >= 0.3 is 5.97 Å². The first-order valence-corrected chi connectivity index (χ1v) is 11.1. The Morgan fingerprint density at radius 1 is 1.00 bits per heavy atom. The van der Waals surface area contributed by atoms with Crippen molar-refractivity contribution in [2.24, 2.45) is 0 Å². The highest BCUT2D eigenvalue weighted by Gasteiger charge is 2.32. The Labute approximate surface area is 196 Å². The second-order valence-electron chi connectivity index (χ2n) is 9.26. The minimum atomic E-state index is -1.11. The van der Waals surface area contributed by atoms with Gasteiger partial charge in [-0.3, -0.25) is 0 Å². The van der Waals surface area contributed by atoms with Crippen molar-refractivity contribution in [3.8, 4) is 5.75 Å². The van der Waals surface area contributed by atoms with Gasteiger partial charge in [-0.05, 0) is 88.5 Å². The quantitative estimate of drug-likeness (QED) is 0.656. The van der Waals surface area contributed by atoms with Crippen molar-refractivity contribution in [1.29, 1.82) is 0 Å². The molecule has 0 radical (unpaired) electrons. The van der Waals surface area contributed by atoms with Crippen LogP contribution in [0.15, 0.2) is 72.3 Å². The van der Waals surface area contributed by atoms with E-state index in [4.69, 9.17) is 9.47 Å². The second kappa shape index (κ2) is 10.1. The maximum atomic E-state index is 12.2. The van der Waals surface area contributed by atoms with Crippen LogP contribution in [0.25, 0.3) is 11.3 Å². The number of nitrogens with zero attached hydrogens (tertiary/aromatic N) is 1. The summed E-state index contributed by atoms with van der Waals surface area (Å²) >= 11 is 0. The average Bonchev–Trinajstić information content (AvgIpc) is 3.21. The smallest absolute Gasteiger partial charge is 0.350 e. The molecule has 0 aromatic heterocycles. The van der Waals surface area contributed by atoms with Gasteiger partial charge < -0.3 is 19.5 Å². The largest absolute Gasteiger partial charge is 0.507 e. The molecule has 3 rings (SSSR count). The zero-order valence-corrected chi connectivity index (χ0v) is 20.3. The van der Waals surface area contributed by atoms with Crippen LogP contribution in [0.2, 0.25) is 0 Å². The van der Waals surface area contributed by atoms with E-state index in [1.807, 2.05) is 24.3 Å². The molecular formula is C28H33NO4. The lowest BCUT2D eigenvalue weighted by Crippen LogP contribution is -2.40. The van der Waals surface area contributed by atoms with Crippen molar-refractivity contribution >= 4 is 17.3 Å². The Balaban J connectivity index is 1.79. The predicted octanol–water partition coefficient (Wildman–Crippen LogP) is 3.72. The monoisotopic (exact) mass is 447 g/mol. The molecule has 0 spiro atoms. The first-order valence-electron chi connectivity index (χ1n) is 11.1. The van der Waals surface area contributed by atoms with Gasteiger partial charge in [-0.2, -0.15) is 0 Å². The highest BCUT2D eigenvalue weighted by atomic mass is 16.6. The number of hydrogen-bond acceptors (Lipinski definition) is 5. The molecular weight excluding hydrogens is 414 g/mol. The summed E-state index contributed by atoms with van der Waals surface area (Å²) in [5.74, 6) is 0.287. The maximum Gasteiger partial charge on any atom is 0.350 e. The van der Waals surface area contributed by atoms with Crippen molar-refractivity contribution in [1.82, 2.24) is 4.90 Å². The molecule has 174 valence electrons. The van der Waals surface area contributed by atoms with Gasteiger partial charge in [0.1, 0.15) is 11.5 Å². The lowest BCUT2D eigenvalue weighted by atomic mass is 10.1. The number of esters is 1. The van der Waals surface area contributed by atoms with Crippen LogP contribution < -0.4 is 15.2 Å². The van der Waals surface area contributed by atoms with Crippen LogP contribution in [-0.2, 0) is 9.53 Å². The Bertz CT molecular complexity index is 1160. The third-order valence-corrected chi connectivity index (χ3v) is 5.14. The number of carbonyl (C=O) groups excluding carboxylic acids is 1. The number of hydrogen-bond donors (Lipinski definition) is 1.